The highest BCUT2D eigenvalue weighted by molar-refractivity contribution is 6.04. The van der Waals surface area contributed by atoms with Crippen LogP contribution in [-0.4, -0.2) is 15.7 Å². The number of rotatable bonds is 5. The van der Waals surface area contributed by atoms with Crippen LogP contribution in [0, 0.1) is 11.6 Å². The van der Waals surface area contributed by atoms with Gasteiger partial charge >= 0.3 is 0 Å². The molecule has 1 aromatic heterocycles. The van der Waals surface area contributed by atoms with E-state index in [9.17, 15) is 13.6 Å². The van der Waals surface area contributed by atoms with Gasteiger partial charge in [-0.1, -0.05) is 30.3 Å². The summed E-state index contributed by atoms with van der Waals surface area (Å²) in [4.78, 5) is 12.0. The molecular formula is C18H15F2N3O. The minimum absolute atomic E-state index is 0.214. The Morgan fingerprint density at radius 1 is 1.12 bits per heavy atom. The number of carbonyl (C=O) groups is 1. The maximum Gasteiger partial charge on any atom is 0.258 e. The van der Waals surface area contributed by atoms with Gasteiger partial charge in [-0.2, -0.15) is 5.10 Å². The number of aryl methyl sites for hydroxylation is 2. The van der Waals surface area contributed by atoms with Crippen LogP contribution in [0.1, 0.15) is 15.9 Å². The maximum absolute atomic E-state index is 13.6. The Kier molecular flexibility index (Phi) is 4.65. The van der Waals surface area contributed by atoms with E-state index < -0.39 is 17.5 Å². The van der Waals surface area contributed by atoms with Gasteiger partial charge in [-0.25, -0.2) is 8.78 Å². The second kappa shape index (κ2) is 7.04. The lowest BCUT2D eigenvalue weighted by Gasteiger charge is -2.04. The number of halogens is 2. The molecule has 4 nitrogen and oxygen atoms in total. The van der Waals surface area contributed by atoms with Crippen molar-refractivity contribution in [3.05, 3.63) is 83.7 Å². The van der Waals surface area contributed by atoms with Crippen molar-refractivity contribution in [1.82, 2.24) is 9.78 Å². The average Bonchev–Trinajstić information content (AvgIpc) is 3.01. The molecule has 0 aliphatic heterocycles. The number of amides is 1. The molecule has 0 spiro atoms. The van der Waals surface area contributed by atoms with Crippen molar-refractivity contribution in [2.75, 3.05) is 5.32 Å². The molecule has 2 aromatic carbocycles. The Morgan fingerprint density at radius 3 is 2.67 bits per heavy atom. The fourth-order valence-corrected chi connectivity index (χ4v) is 2.31. The summed E-state index contributed by atoms with van der Waals surface area (Å²) in [7, 11) is 0. The molecule has 0 unspecified atom stereocenters. The number of hydrogen-bond acceptors (Lipinski definition) is 2. The van der Waals surface area contributed by atoms with Gasteiger partial charge in [-0.05, 0) is 24.1 Å². The first kappa shape index (κ1) is 15.9. The fourth-order valence-electron chi connectivity index (χ4n) is 2.31. The molecule has 0 fully saturated rings. The van der Waals surface area contributed by atoms with E-state index in [1.54, 1.807) is 10.9 Å². The van der Waals surface area contributed by atoms with Gasteiger partial charge in [0.2, 0.25) is 0 Å². The van der Waals surface area contributed by atoms with E-state index in [1.165, 1.54) is 11.8 Å². The Hall–Kier alpha value is -3.02. The van der Waals surface area contributed by atoms with Crippen LogP contribution in [0.5, 0.6) is 0 Å². The van der Waals surface area contributed by atoms with Crippen LogP contribution < -0.4 is 5.32 Å². The zero-order valence-electron chi connectivity index (χ0n) is 12.7. The molecule has 1 amide bonds. The molecule has 122 valence electrons. The van der Waals surface area contributed by atoms with Gasteiger partial charge in [0, 0.05) is 18.8 Å². The molecule has 6 heteroatoms. The summed E-state index contributed by atoms with van der Waals surface area (Å²) in [5.74, 6) is -2.27. The summed E-state index contributed by atoms with van der Waals surface area (Å²) in [5.41, 5.74) is 1.43. The first-order valence-electron chi connectivity index (χ1n) is 7.44. The van der Waals surface area contributed by atoms with E-state index in [4.69, 9.17) is 0 Å². The molecule has 0 bridgehead atoms. The molecule has 0 aliphatic rings. The van der Waals surface area contributed by atoms with Gasteiger partial charge in [0.15, 0.2) is 0 Å². The van der Waals surface area contributed by atoms with Crippen molar-refractivity contribution in [2.45, 2.75) is 13.0 Å². The minimum Gasteiger partial charge on any atom is -0.319 e. The molecule has 3 rings (SSSR count). The number of nitrogens with one attached hydrogen (secondary N) is 1. The van der Waals surface area contributed by atoms with Crippen molar-refractivity contribution in [2.24, 2.45) is 0 Å². The van der Waals surface area contributed by atoms with Crippen molar-refractivity contribution in [3.63, 3.8) is 0 Å². The van der Waals surface area contributed by atoms with Gasteiger partial charge in [0.25, 0.3) is 5.91 Å². The van der Waals surface area contributed by atoms with Crippen LogP contribution >= 0.6 is 0 Å². The summed E-state index contributed by atoms with van der Waals surface area (Å²) < 4.78 is 28.2. The topological polar surface area (TPSA) is 46.9 Å². The highest BCUT2D eigenvalue weighted by Crippen LogP contribution is 2.13. The number of benzene rings is 2. The first-order valence-corrected chi connectivity index (χ1v) is 7.44. The van der Waals surface area contributed by atoms with Crippen LogP contribution in [0.3, 0.4) is 0 Å². The quantitative estimate of drug-likeness (QED) is 0.777. The molecule has 1 heterocycles. The Balaban J connectivity index is 1.62. The Morgan fingerprint density at radius 2 is 1.92 bits per heavy atom. The Labute approximate surface area is 137 Å². The number of anilines is 1. The summed E-state index contributed by atoms with van der Waals surface area (Å²) in [6, 6.07) is 12.8. The van der Waals surface area contributed by atoms with E-state index in [1.807, 2.05) is 30.3 Å². The molecule has 0 aliphatic carbocycles. The van der Waals surface area contributed by atoms with Gasteiger partial charge in [-0.3, -0.25) is 9.48 Å². The fraction of sp³-hybridized carbons (Fsp3) is 0.111. The molecule has 0 saturated carbocycles. The third-order valence-corrected chi connectivity index (χ3v) is 3.54. The largest absolute Gasteiger partial charge is 0.319 e. The van der Waals surface area contributed by atoms with Crippen LogP contribution in [0.2, 0.25) is 0 Å². The third kappa shape index (κ3) is 3.84. The van der Waals surface area contributed by atoms with Gasteiger partial charge in [-0.15, -0.1) is 0 Å². The normalized spacial score (nSPS) is 10.6. The SMILES string of the molecule is O=C(Nc1cnn(CCc2ccccc2)c1)c1ccc(F)cc1F. The molecule has 0 saturated heterocycles. The average molecular weight is 327 g/mol. The summed E-state index contributed by atoms with van der Waals surface area (Å²) in [6.45, 7) is 0.658. The first-order chi connectivity index (χ1) is 11.6. The number of aromatic nitrogens is 2. The molecule has 0 radical (unpaired) electrons. The van der Waals surface area contributed by atoms with E-state index in [0.29, 0.717) is 18.3 Å². The predicted octanol–water partition coefficient (Wildman–Crippen LogP) is 3.66. The zero-order chi connectivity index (χ0) is 16.9. The predicted molar refractivity (Wildman–Crippen MR) is 86.7 cm³/mol. The maximum atomic E-state index is 13.6. The zero-order valence-corrected chi connectivity index (χ0v) is 12.7. The van der Waals surface area contributed by atoms with E-state index in [2.05, 4.69) is 10.4 Å². The Bertz CT molecular complexity index is 846. The van der Waals surface area contributed by atoms with Crippen LogP contribution in [-0.2, 0) is 13.0 Å². The lowest BCUT2D eigenvalue weighted by molar-refractivity contribution is 0.102. The summed E-state index contributed by atoms with van der Waals surface area (Å²) in [6.07, 6.45) is 3.97. The number of nitrogens with zero attached hydrogens (tertiary/aromatic N) is 2. The van der Waals surface area contributed by atoms with Gasteiger partial charge in [0.1, 0.15) is 11.6 Å². The van der Waals surface area contributed by atoms with E-state index >= 15 is 0 Å². The molecule has 24 heavy (non-hydrogen) atoms. The molecular weight excluding hydrogens is 312 g/mol. The van der Waals surface area contributed by atoms with Gasteiger partial charge < -0.3 is 5.32 Å². The third-order valence-electron chi connectivity index (χ3n) is 3.54. The highest BCUT2D eigenvalue weighted by Gasteiger charge is 2.13. The van der Waals surface area contributed by atoms with Gasteiger partial charge in [0.05, 0.1) is 17.4 Å². The van der Waals surface area contributed by atoms with E-state index in [-0.39, 0.29) is 5.56 Å². The number of hydrogen-bond donors (Lipinski definition) is 1. The van der Waals surface area contributed by atoms with Crippen molar-refractivity contribution in [1.29, 1.82) is 0 Å². The summed E-state index contributed by atoms with van der Waals surface area (Å²) in [5, 5.41) is 6.72. The molecule has 0 atom stereocenters. The highest BCUT2D eigenvalue weighted by atomic mass is 19.1. The lowest BCUT2D eigenvalue weighted by Crippen LogP contribution is -2.13. The molecule has 3 aromatic rings. The van der Waals surface area contributed by atoms with Crippen molar-refractivity contribution in [3.8, 4) is 0 Å². The standard InChI is InChI=1S/C18H15F2N3O/c19-14-6-7-16(17(20)10-14)18(24)22-15-11-21-23(12-15)9-8-13-4-2-1-3-5-13/h1-7,10-12H,8-9H2,(H,22,24). The molecule has 1 N–H and O–H groups in total. The minimum atomic E-state index is -0.899. The van der Waals surface area contributed by atoms with Crippen LogP contribution in [0.25, 0.3) is 0 Å². The van der Waals surface area contributed by atoms with Crippen molar-refractivity contribution >= 4 is 11.6 Å². The number of carbonyl (C=O) groups excluding carboxylic acids is 1. The second-order valence-corrected chi connectivity index (χ2v) is 5.31. The van der Waals surface area contributed by atoms with Crippen molar-refractivity contribution < 1.29 is 13.6 Å². The van der Waals surface area contributed by atoms with E-state index in [0.717, 1.165) is 18.6 Å². The smallest absolute Gasteiger partial charge is 0.258 e. The summed E-state index contributed by atoms with van der Waals surface area (Å²) >= 11 is 0. The second-order valence-electron chi connectivity index (χ2n) is 5.31. The lowest BCUT2D eigenvalue weighted by atomic mass is 10.1. The van der Waals surface area contributed by atoms with Crippen LogP contribution in [0.4, 0.5) is 14.5 Å². The van der Waals surface area contributed by atoms with Crippen LogP contribution in [0.15, 0.2) is 60.9 Å². The monoisotopic (exact) mass is 327 g/mol.